The van der Waals surface area contributed by atoms with Crippen LogP contribution < -0.4 is 0 Å². The summed E-state index contributed by atoms with van der Waals surface area (Å²) < 4.78 is 34.7. The topological polar surface area (TPSA) is 17.8 Å². The zero-order valence-electron chi connectivity index (χ0n) is 8.01. The SMILES string of the molecule is [2H]c1nc2cc(F)c(F)cc2n1CC. The molecule has 0 aliphatic heterocycles. The van der Waals surface area contributed by atoms with Crippen LogP contribution in [0.1, 0.15) is 8.29 Å². The molecule has 0 unspecified atom stereocenters. The normalized spacial score (nSPS) is 12.1. The van der Waals surface area contributed by atoms with Crippen molar-refractivity contribution in [2.45, 2.75) is 13.5 Å². The molecule has 0 aliphatic rings. The van der Waals surface area contributed by atoms with Gasteiger partial charge in [-0.3, -0.25) is 0 Å². The van der Waals surface area contributed by atoms with Crippen LogP contribution in [0.15, 0.2) is 18.4 Å². The summed E-state index contributed by atoms with van der Waals surface area (Å²) in [4.78, 5) is 3.81. The molecule has 0 atom stereocenters. The van der Waals surface area contributed by atoms with E-state index >= 15 is 0 Å². The van der Waals surface area contributed by atoms with Gasteiger partial charge in [-0.2, -0.15) is 0 Å². The summed E-state index contributed by atoms with van der Waals surface area (Å²) in [6.07, 6.45) is 0.0208. The maximum atomic E-state index is 12.9. The van der Waals surface area contributed by atoms with Crippen LogP contribution in [0.2, 0.25) is 0 Å². The lowest BCUT2D eigenvalue weighted by Gasteiger charge is -1.98. The molecule has 0 N–H and O–H groups in total. The van der Waals surface area contributed by atoms with Gasteiger partial charge in [0.05, 0.1) is 17.3 Å². The smallest absolute Gasteiger partial charge is 0.161 e. The Labute approximate surface area is 75.2 Å². The molecule has 0 radical (unpaired) electrons. The minimum absolute atomic E-state index is 0.0208. The molecule has 0 saturated heterocycles. The maximum absolute atomic E-state index is 12.9. The van der Waals surface area contributed by atoms with Crippen molar-refractivity contribution < 1.29 is 10.2 Å². The Balaban J connectivity index is 2.82. The highest BCUT2D eigenvalue weighted by atomic mass is 19.2. The van der Waals surface area contributed by atoms with E-state index in [1.165, 1.54) is 4.57 Å². The zero-order valence-corrected chi connectivity index (χ0v) is 7.01. The summed E-state index contributed by atoms with van der Waals surface area (Å²) in [6, 6.07) is 2.08. The van der Waals surface area contributed by atoms with Crippen LogP contribution in [-0.2, 0) is 6.54 Å². The highest BCUT2D eigenvalue weighted by molar-refractivity contribution is 5.75. The number of nitrogens with zero attached hydrogens (tertiary/aromatic N) is 2. The number of benzene rings is 1. The summed E-state index contributed by atoms with van der Waals surface area (Å²) in [5.74, 6) is -1.84. The maximum Gasteiger partial charge on any atom is 0.161 e. The molecule has 4 heteroatoms. The second kappa shape index (κ2) is 2.80. The summed E-state index contributed by atoms with van der Waals surface area (Å²) in [5, 5.41) is 0. The van der Waals surface area contributed by atoms with Gasteiger partial charge in [0, 0.05) is 18.7 Å². The molecule has 13 heavy (non-hydrogen) atoms. The van der Waals surface area contributed by atoms with Crippen molar-refractivity contribution >= 4 is 11.0 Å². The fraction of sp³-hybridized carbons (Fsp3) is 0.222. The zero-order chi connectivity index (χ0) is 10.3. The molecule has 2 rings (SSSR count). The Bertz CT molecular complexity index is 493. The fourth-order valence-corrected chi connectivity index (χ4v) is 1.24. The van der Waals surface area contributed by atoms with Crippen molar-refractivity contribution in [2.75, 3.05) is 0 Å². The van der Waals surface area contributed by atoms with Crippen LogP contribution in [0.3, 0.4) is 0 Å². The van der Waals surface area contributed by atoms with Crippen molar-refractivity contribution in [1.82, 2.24) is 9.55 Å². The van der Waals surface area contributed by atoms with Gasteiger partial charge in [-0.25, -0.2) is 13.8 Å². The van der Waals surface area contributed by atoms with Gasteiger partial charge in [0.15, 0.2) is 11.6 Å². The first kappa shape index (κ1) is 7.00. The molecule has 1 aromatic heterocycles. The van der Waals surface area contributed by atoms with Gasteiger partial charge in [-0.05, 0) is 6.92 Å². The molecule has 68 valence electrons. The lowest BCUT2D eigenvalue weighted by Crippen LogP contribution is -1.92. The molecular weight excluding hydrogens is 174 g/mol. The van der Waals surface area contributed by atoms with Crippen LogP contribution in [0.25, 0.3) is 11.0 Å². The number of hydrogen-bond acceptors (Lipinski definition) is 1. The number of aryl methyl sites for hydroxylation is 1. The highest BCUT2D eigenvalue weighted by Gasteiger charge is 2.07. The van der Waals surface area contributed by atoms with E-state index in [9.17, 15) is 8.78 Å². The van der Waals surface area contributed by atoms with Gasteiger partial charge in [0.25, 0.3) is 0 Å². The number of rotatable bonds is 1. The van der Waals surface area contributed by atoms with Crippen molar-refractivity contribution in [3.8, 4) is 0 Å². The first-order valence-corrected chi connectivity index (χ1v) is 3.95. The van der Waals surface area contributed by atoms with Crippen LogP contribution >= 0.6 is 0 Å². The monoisotopic (exact) mass is 183 g/mol. The van der Waals surface area contributed by atoms with Crippen LogP contribution in [-0.4, -0.2) is 9.55 Å². The molecule has 0 aliphatic carbocycles. The molecule has 0 fully saturated rings. The Kier molecular flexibility index (Phi) is 1.51. The first-order valence-electron chi connectivity index (χ1n) is 4.45. The Morgan fingerprint density at radius 2 is 2.15 bits per heavy atom. The van der Waals surface area contributed by atoms with Gasteiger partial charge in [0.2, 0.25) is 0 Å². The van der Waals surface area contributed by atoms with E-state index in [0.717, 1.165) is 12.1 Å². The van der Waals surface area contributed by atoms with Gasteiger partial charge < -0.3 is 4.57 Å². The third-order valence-corrected chi connectivity index (χ3v) is 1.92. The highest BCUT2D eigenvalue weighted by Crippen LogP contribution is 2.16. The second-order valence-corrected chi connectivity index (χ2v) is 2.71. The van der Waals surface area contributed by atoms with E-state index in [1.54, 1.807) is 0 Å². The lowest BCUT2D eigenvalue weighted by molar-refractivity contribution is 0.510. The Morgan fingerprint density at radius 3 is 2.85 bits per heavy atom. The standard InChI is InChI=1S/C9H8F2N2/c1-2-13-5-12-8-3-6(10)7(11)4-9(8)13/h3-5H,2H2,1H3/i5D. The van der Waals surface area contributed by atoms with Crippen molar-refractivity contribution in [3.05, 3.63) is 30.1 Å². The van der Waals surface area contributed by atoms with Gasteiger partial charge in [0.1, 0.15) is 1.37 Å². The third kappa shape index (κ3) is 1.18. The van der Waals surface area contributed by atoms with Gasteiger partial charge >= 0.3 is 0 Å². The number of hydrogen-bond donors (Lipinski definition) is 0. The summed E-state index contributed by atoms with van der Waals surface area (Å²) in [7, 11) is 0. The summed E-state index contributed by atoms with van der Waals surface area (Å²) in [6.45, 7) is 2.33. The number of fused-ring (bicyclic) bond motifs is 1. The molecule has 0 amide bonds. The number of aromatic nitrogens is 2. The van der Waals surface area contributed by atoms with E-state index in [1.807, 2.05) is 6.92 Å². The van der Waals surface area contributed by atoms with Crippen molar-refractivity contribution in [1.29, 1.82) is 0 Å². The number of imidazole rings is 1. The molecule has 0 saturated carbocycles. The van der Waals surface area contributed by atoms with E-state index in [0.29, 0.717) is 17.6 Å². The molecule has 2 nitrogen and oxygen atoms in total. The Morgan fingerprint density at radius 1 is 1.46 bits per heavy atom. The van der Waals surface area contributed by atoms with E-state index in [-0.39, 0.29) is 6.30 Å². The minimum atomic E-state index is -0.932. The summed E-state index contributed by atoms with van der Waals surface area (Å²) >= 11 is 0. The minimum Gasteiger partial charge on any atom is -0.331 e. The van der Waals surface area contributed by atoms with Gasteiger partial charge in [-0.15, -0.1) is 0 Å². The van der Waals surface area contributed by atoms with E-state index in [4.69, 9.17) is 1.37 Å². The number of halogens is 2. The first-order chi connectivity index (χ1) is 6.63. The molecule has 2 aromatic rings. The molecule has 1 heterocycles. The molecule has 0 spiro atoms. The molecule has 0 bridgehead atoms. The van der Waals surface area contributed by atoms with Crippen LogP contribution in [0, 0.1) is 11.6 Å². The summed E-state index contributed by atoms with van der Waals surface area (Å²) in [5.41, 5.74) is 0.771. The lowest BCUT2D eigenvalue weighted by atomic mass is 10.3. The predicted octanol–water partition coefficient (Wildman–Crippen LogP) is 2.33. The van der Waals surface area contributed by atoms with E-state index < -0.39 is 11.6 Å². The van der Waals surface area contributed by atoms with E-state index in [2.05, 4.69) is 4.98 Å². The van der Waals surface area contributed by atoms with Crippen molar-refractivity contribution in [2.24, 2.45) is 0 Å². The van der Waals surface area contributed by atoms with Crippen LogP contribution in [0.5, 0.6) is 0 Å². The van der Waals surface area contributed by atoms with Crippen LogP contribution in [0.4, 0.5) is 8.78 Å². The third-order valence-electron chi connectivity index (χ3n) is 1.92. The molecule has 1 aromatic carbocycles. The average molecular weight is 183 g/mol. The Hall–Kier alpha value is -1.45. The molecular formula is C9H8F2N2. The quantitative estimate of drug-likeness (QED) is 0.663. The van der Waals surface area contributed by atoms with Gasteiger partial charge in [-0.1, -0.05) is 0 Å². The fourth-order valence-electron chi connectivity index (χ4n) is 1.24. The largest absolute Gasteiger partial charge is 0.331 e. The van der Waals surface area contributed by atoms with Crippen molar-refractivity contribution in [3.63, 3.8) is 0 Å². The second-order valence-electron chi connectivity index (χ2n) is 2.71. The predicted molar refractivity (Wildman–Crippen MR) is 45.3 cm³/mol. The average Bonchev–Trinajstić information content (AvgIpc) is 2.42.